The highest BCUT2D eigenvalue weighted by atomic mass is 35.5. The number of benzene rings is 1. The number of nitrogen functional groups attached to an aromatic ring is 1. The van der Waals surface area contributed by atoms with Crippen LogP contribution in [-0.2, 0) is 0 Å². The molecule has 100 valence electrons. The van der Waals surface area contributed by atoms with Crippen molar-refractivity contribution in [2.45, 2.75) is 0 Å². The topological polar surface area (TPSA) is 75.0 Å². The fraction of sp³-hybridized carbons (Fsp3) is 0.167. The van der Waals surface area contributed by atoms with Gasteiger partial charge in [0.25, 0.3) is 5.56 Å². The molecule has 0 aliphatic heterocycles. The third kappa shape index (κ3) is 2.52. The van der Waals surface area contributed by atoms with Gasteiger partial charge in [0.2, 0.25) is 5.95 Å². The fourth-order valence-electron chi connectivity index (χ4n) is 1.67. The highest BCUT2D eigenvalue weighted by Gasteiger charge is 2.17. The molecule has 7 heteroatoms. The van der Waals surface area contributed by atoms with Gasteiger partial charge in [-0.1, -0.05) is 29.3 Å². The molecule has 0 radical (unpaired) electrons. The third-order valence-electron chi connectivity index (χ3n) is 2.57. The quantitative estimate of drug-likeness (QED) is 0.893. The Morgan fingerprint density at radius 1 is 1.21 bits per heavy atom. The average molecular weight is 299 g/mol. The highest BCUT2D eigenvalue weighted by molar-refractivity contribution is 6.39. The molecule has 0 fully saturated rings. The molecule has 0 bridgehead atoms. The first kappa shape index (κ1) is 13.7. The number of aromatic nitrogens is 2. The Kier molecular flexibility index (Phi) is 3.68. The van der Waals surface area contributed by atoms with Gasteiger partial charge >= 0.3 is 0 Å². The predicted octanol–water partition coefficient (Wildman–Crippen LogP) is 2.39. The van der Waals surface area contributed by atoms with Crippen molar-refractivity contribution in [1.29, 1.82) is 0 Å². The molecule has 0 saturated carbocycles. The van der Waals surface area contributed by atoms with Crippen LogP contribution < -0.4 is 16.2 Å². The summed E-state index contributed by atoms with van der Waals surface area (Å²) in [4.78, 5) is 20.6. The highest BCUT2D eigenvalue weighted by Crippen LogP contribution is 2.34. The van der Waals surface area contributed by atoms with E-state index in [1.54, 1.807) is 37.2 Å². The number of anilines is 2. The van der Waals surface area contributed by atoms with Crippen molar-refractivity contribution in [2.24, 2.45) is 0 Å². The van der Waals surface area contributed by atoms with Crippen molar-refractivity contribution in [2.75, 3.05) is 24.7 Å². The summed E-state index contributed by atoms with van der Waals surface area (Å²) in [5.41, 5.74) is 6.04. The van der Waals surface area contributed by atoms with E-state index in [0.29, 0.717) is 21.6 Å². The van der Waals surface area contributed by atoms with E-state index >= 15 is 0 Å². The first-order valence-electron chi connectivity index (χ1n) is 5.43. The standard InChI is InChI=1S/C12H12Cl2N4O/c1-18(2)12-16-10(15)9(11(19)17-12)8-6(13)4-3-5-7(8)14/h3-5H,1-2H3,(H3,15,16,17,19). The first-order chi connectivity index (χ1) is 8.91. The Hall–Kier alpha value is -1.72. The van der Waals surface area contributed by atoms with Gasteiger partial charge in [-0.25, -0.2) is 0 Å². The Bertz CT molecular complexity index is 662. The zero-order valence-corrected chi connectivity index (χ0v) is 11.9. The van der Waals surface area contributed by atoms with Crippen LogP contribution >= 0.6 is 23.2 Å². The van der Waals surface area contributed by atoms with E-state index in [1.807, 2.05) is 0 Å². The number of nitrogens with zero attached hydrogens (tertiary/aromatic N) is 2. The normalized spacial score (nSPS) is 10.5. The van der Waals surface area contributed by atoms with Crippen LogP contribution in [0.2, 0.25) is 10.0 Å². The van der Waals surface area contributed by atoms with Gasteiger partial charge in [-0.15, -0.1) is 0 Å². The maximum absolute atomic E-state index is 12.2. The van der Waals surface area contributed by atoms with Gasteiger partial charge in [0.15, 0.2) is 0 Å². The maximum atomic E-state index is 12.2. The molecule has 19 heavy (non-hydrogen) atoms. The Morgan fingerprint density at radius 2 is 1.79 bits per heavy atom. The summed E-state index contributed by atoms with van der Waals surface area (Å²) in [7, 11) is 3.50. The molecule has 0 aliphatic carbocycles. The van der Waals surface area contributed by atoms with Gasteiger partial charge < -0.3 is 10.6 Å². The van der Waals surface area contributed by atoms with E-state index in [4.69, 9.17) is 28.9 Å². The summed E-state index contributed by atoms with van der Waals surface area (Å²) in [6.07, 6.45) is 0. The molecule has 0 saturated heterocycles. The zero-order valence-electron chi connectivity index (χ0n) is 10.4. The van der Waals surface area contributed by atoms with E-state index in [1.165, 1.54) is 0 Å². The Labute approximate surface area is 120 Å². The van der Waals surface area contributed by atoms with Gasteiger partial charge in [0.1, 0.15) is 5.82 Å². The second-order valence-corrected chi connectivity index (χ2v) is 4.96. The molecule has 2 rings (SSSR count). The number of aromatic amines is 1. The molecule has 0 unspecified atom stereocenters. The van der Waals surface area contributed by atoms with E-state index in [9.17, 15) is 4.79 Å². The lowest BCUT2D eigenvalue weighted by Crippen LogP contribution is -2.21. The van der Waals surface area contributed by atoms with Gasteiger partial charge in [-0.2, -0.15) is 4.98 Å². The van der Waals surface area contributed by atoms with Crippen molar-refractivity contribution in [1.82, 2.24) is 9.97 Å². The number of nitrogens with two attached hydrogens (primary N) is 1. The van der Waals surface area contributed by atoms with Crippen molar-refractivity contribution in [3.05, 3.63) is 38.6 Å². The molecule has 5 nitrogen and oxygen atoms in total. The minimum atomic E-state index is -0.383. The zero-order chi connectivity index (χ0) is 14.2. The summed E-state index contributed by atoms with van der Waals surface area (Å²) in [5.74, 6) is 0.455. The van der Waals surface area contributed by atoms with E-state index in [-0.39, 0.29) is 16.9 Å². The van der Waals surface area contributed by atoms with Gasteiger partial charge in [0, 0.05) is 19.7 Å². The minimum Gasteiger partial charge on any atom is -0.383 e. The van der Waals surface area contributed by atoms with Crippen LogP contribution in [0, 0.1) is 0 Å². The maximum Gasteiger partial charge on any atom is 0.262 e. The van der Waals surface area contributed by atoms with Crippen LogP contribution in [0.1, 0.15) is 0 Å². The van der Waals surface area contributed by atoms with Gasteiger partial charge in [-0.3, -0.25) is 9.78 Å². The molecule has 0 amide bonds. The molecule has 0 atom stereocenters. The molecule has 2 aromatic rings. The number of H-pyrrole nitrogens is 1. The molecule has 1 aromatic carbocycles. The number of rotatable bonds is 2. The monoisotopic (exact) mass is 298 g/mol. The number of nitrogens with one attached hydrogen (secondary N) is 1. The van der Waals surface area contributed by atoms with Crippen molar-refractivity contribution in [3.63, 3.8) is 0 Å². The third-order valence-corrected chi connectivity index (χ3v) is 3.20. The minimum absolute atomic E-state index is 0.0856. The van der Waals surface area contributed by atoms with Gasteiger partial charge in [0.05, 0.1) is 15.6 Å². The largest absolute Gasteiger partial charge is 0.383 e. The molecule has 1 aromatic heterocycles. The van der Waals surface area contributed by atoms with Crippen LogP contribution in [0.5, 0.6) is 0 Å². The molecular weight excluding hydrogens is 287 g/mol. The summed E-state index contributed by atoms with van der Waals surface area (Å²) in [6.45, 7) is 0. The Morgan fingerprint density at radius 3 is 2.26 bits per heavy atom. The lowest BCUT2D eigenvalue weighted by Gasteiger charge is -2.14. The van der Waals surface area contributed by atoms with Crippen LogP contribution in [0.4, 0.5) is 11.8 Å². The van der Waals surface area contributed by atoms with Gasteiger partial charge in [-0.05, 0) is 12.1 Å². The summed E-state index contributed by atoms with van der Waals surface area (Å²) < 4.78 is 0. The van der Waals surface area contributed by atoms with E-state index in [0.717, 1.165) is 0 Å². The van der Waals surface area contributed by atoms with Crippen LogP contribution in [0.25, 0.3) is 11.1 Å². The SMILES string of the molecule is CN(C)c1nc(N)c(-c2c(Cl)cccc2Cl)c(=O)[nH]1. The summed E-state index contributed by atoms with van der Waals surface area (Å²) >= 11 is 12.2. The second kappa shape index (κ2) is 5.11. The fourth-order valence-corrected chi connectivity index (χ4v) is 2.25. The van der Waals surface area contributed by atoms with Crippen LogP contribution in [0.15, 0.2) is 23.0 Å². The van der Waals surface area contributed by atoms with E-state index < -0.39 is 0 Å². The number of halogens is 2. The smallest absolute Gasteiger partial charge is 0.262 e. The first-order valence-corrected chi connectivity index (χ1v) is 6.19. The van der Waals surface area contributed by atoms with Crippen molar-refractivity contribution < 1.29 is 0 Å². The van der Waals surface area contributed by atoms with Crippen LogP contribution in [-0.4, -0.2) is 24.1 Å². The summed E-state index contributed by atoms with van der Waals surface area (Å²) in [6, 6.07) is 4.98. The second-order valence-electron chi connectivity index (χ2n) is 4.14. The lowest BCUT2D eigenvalue weighted by molar-refractivity contribution is 0.988. The molecular formula is C12H12Cl2N4O. The Balaban J connectivity index is 2.74. The molecule has 3 N–H and O–H groups in total. The predicted molar refractivity (Wildman–Crippen MR) is 79.1 cm³/mol. The van der Waals surface area contributed by atoms with Crippen molar-refractivity contribution >= 4 is 35.0 Å². The number of hydrogen-bond donors (Lipinski definition) is 2. The molecule has 1 heterocycles. The average Bonchev–Trinajstić information content (AvgIpc) is 2.31. The number of hydrogen-bond acceptors (Lipinski definition) is 4. The van der Waals surface area contributed by atoms with E-state index in [2.05, 4.69) is 9.97 Å². The summed E-state index contributed by atoms with van der Waals surface area (Å²) in [5, 5.41) is 0.702. The molecule has 0 aliphatic rings. The van der Waals surface area contributed by atoms with Crippen molar-refractivity contribution in [3.8, 4) is 11.1 Å². The van der Waals surface area contributed by atoms with Crippen LogP contribution in [0.3, 0.4) is 0 Å². The molecule has 0 spiro atoms. The lowest BCUT2D eigenvalue weighted by atomic mass is 10.1.